The normalized spacial score (nSPS) is 10.9. The maximum atomic E-state index is 14.6. The summed E-state index contributed by atoms with van der Waals surface area (Å²) in [5, 5.41) is 3.27. The molecule has 1 N–H and O–H groups in total. The largest absolute Gasteiger partial charge is 0.462 e. The van der Waals surface area contributed by atoms with Crippen molar-refractivity contribution in [3.8, 4) is 10.4 Å². The van der Waals surface area contributed by atoms with Gasteiger partial charge in [-0.25, -0.2) is 18.4 Å². The van der Waals surface area contributed by atoms with Gasteiger partial charge < -0.3 is 19.7 Å². The van der Waals surface area contributed by atoms with E-state index in [9.17, 15) is 18.4 Å². The Bertz CT molecular complexity index is 1220. The molecule has 0 aliphatic rings. The Morgan fingerprint density at radius 1 is 0.919 bits per heavy atom. The van der Waals surface area contributed by atoms with Gasteiger partial charge in [-0.2, -0.15) is 0 Å². The van der Waals surface area contributed by atoms with E-state index in [0.717, 1.165) is 33.2 Å². The van der Waals surface area contributed by atoms with Crippen molar-refractivity contribution in [1.29, 1.82) is 0 Å². The summed E-state index contributed by atoms with van der Waals surface area (Å²) in [6.45, 7) is 3.36. The fraction of sp³-hybridized carbons (Fsp3) is 0.333. The predicted molar refractivity (Wildman–Crippen MR) is 142 cm³/mol. The van der Waals surface area contributed by atoms with Crippen LogP contribution in [0.3, 0.4) is 0 Å². The molecule has 0 bridgehead atoms. The van der Waals surface area contributed by atoms with E-state index in [0.29, 0.717) is 12.1 Å². The minimum atomic E-state index is -0.828. The average molecular weight is 532 g/mol. The molecular weight excluding hydrogens is 500 g/mol. The molecule has 3 rings (SSSR count). The summed E-state index contributed by atoms with van der Waals surface area (Å²) >= 11 is 1.17. The lowest BCUT2D eigenvalue weighted by molar-refractivity contribution is 0.0526. The van der Waals surface area contributed by atoms with E-state index in [1.54, 1.807) is 13.8 Å². The molecule has 7 nitrogen and oxygen atoms in total. The molecule has 0 fully saturated rings. The van der Waals surface area contributed by atoms with Gasteiger partial charge in [-0.1, -0.05) is 18.2 Å². The molecule has 0 aliphatic heterocycles. The van der Waals surface area contributed by atoms with Crippen LogP contribution in [0, 0.1) is 11.6 Å². The molecule has 0 aliphatic carbocycles. The molecular formula is C27H31F2N3O4S. The highest BCUT2D eigenvalue weighted by molar-refractivity contribution is 7.20. The number of hydrogen-bond donors (Lipinski definition) is 1. The number of amides is 1. The van der Waals surface area contributed by atoms with Gasteiger partial charge in [-0.05, 0) is 57.8 Å². The Morgan fingerprint density at radius 3 is 2.08 bits per heavy atom. The number of carbonyl (C=O) groups is 2. The van der Waals surface area contributed by atoms with Crippen LogP contribution in [0.1, 0.15) is 35.3 Å². The van der Waals surface area contributed by atoms with Crippen molar-refractivity contribution in [2.75, 3.05) is 44.6 Å². The summed E-state index contributed by atoms with van der Waals surface area (Å²) in [7, 11) is 5.53. The molecule has 0 radical (unpaired) electrons. The minimum absolute atomic E-state index is 0.0398. The van der Waals surface area contributed by atoms with E-state index < -0.39 is 30.2 Å². The maximum absolute atomic E-state index is 14.6. The third kappa shape index (κ3) is 6.44. The monoisotopic (exact) mass is 531 g/mol. The summed E-state index contributed by atoms with van der Waals surface area (Å²) in [5.41, 5.74) is 2.22. The second kappa shape index (κ2) is 12.6. The highest BCUT2D eigenvalue weighted by atomic mass is 32.1. The number of ether oxygens (including phenoxy) is 2. The van der Waals surface area contributed by atoms with Crippen molar-refractivity contribution >= 4 is 34.1 Å². The Kier molecular flexibility index (Phi) is 9.60. The first-order valence-electron chi connectivity index (χ1n) is 11.8. The van der Waals surface area contributed by atoms with Gasteiger partial charge in [0.15, 0.2) is 0 Å². The summed E-state index contributed by atoms with van der Waals surface area (Å²) in [6, 6.07) is 11.1. The van der Waals surface area contributed by atoms with E-state index in [1.165, 1.54) is 17.4 Å². The standard InChI is InChI=1S/C27H31F2N3O4S/c1-6-35-26(33)23-20(15-31(4)5)24(17-11-13-18(30-3)14-12-17)37-25(23)32(27(34)36-7-2)16-19-21(28)9-8-10-22(19)29/h8-14,30H,6-7,15-16H2,1-5H3. The number of anilines is 2. The molecule has 198 valence electrons. The van der Waals surface area contributed by atoms with Gasteiger partial charge in [0, 0.05) is 35.3 Å². The quantitative estimate of drug-likeness (QED) is 0.317. The molecule has 0 spiro atoms. The van der Waals surface area contributed by atoms with E-state index in [-0.39, 0.29) is 29.3 Å². The number of nitrogens with zero attached hydrogens (tertiary/aromatic N) is 2. The van der Waals surface area contributed by atoms with Gasteiger partial charge in [0.1, 0.15) is 16.6 Å². The van der Waals surface area contributed by atoms with Crippen LogP contribution in [-0.2, 0) is 22.6 Å². The molecule has 0 saturated heterocycles. The summed E-state index contributed by atoms with van der Waals surface area (Å²) in [6.07, 6.45) is -0.828. The summed E-state index contributed by atoms with van der Waals surface area (Å²) < 4.78 is 39.9. The van der Waals surface area contributed by atoms with Gasteiger partial charge in [0.25, 0.3) is 0 Å². The van der Waals surface area contributed by atoms with E-state index >= 15 is 0 Å². The molecule has 10 heteroatoms. The fourth-order valence-electron chi connectivity index (χ4n) is 3.81. The molecule has 0 saturated carbocycles. The van der Waals surface area contributed by atoms with Crippen LogP contribution in [0.5, 0.6) is 0 Å². The maximum Gasteiger partial charge on any atom is 0.415 e. The summed E-state index contributed by atoms with van der Waals surface area (Å²) in [4.78, 5) is 30.2. The smallest absolute Gasteiger partial charge is 0.415 e. The number of halogens is 2. The molecule has 2 aromatic carbocycles. The number of rotatable bonds is 10. The second-order valence-electron chi connectivity index (χ2n) is 8.36. The van der Waals surface area contributed by atoms with Crippen LogP contribution in [0.25, 0.3) is 10.4 Å². The topological polar surface area (TPSA) is 71.1 Å². The third-order valence-corrected chi connectivity index (χ3v) is 6.79. The zero-order chi connectivity index (χ0) is 27.1. The van der Waals surface area contributed by atoms with Crippen LogP contribution in [-0.4, -0.2) is 51.3 Å². The Hall–Kier alpha value is -3.50. The molecule has 1 heterocycles. The van der Waals surface area contributed by atoms with Crippen LogP contribution in [0.4, 0.5) is 24.3 Å². The Morgan fingerprint density at radius 2 is 1.54 bits per heavy atom. The van der Waals surface area contributed by atoms with Crippen molar-refractivity contribution in [3.05, 3.63) is 70.8 Å². The number of benzene rings is 2. The zero-order valence-electron chi connectivity index (χ0n) is 21.6. The van der Waals surface area contributed by atoms with E-state index in [4.69, 9.17) is 9.47 Å². The number of hydrogen-bond acceptors (Lipinski definition) is 7. The van der Waals surface area contributed by atoms with E-state index in [2.05, 4.69) is 5.32 Å². The van der Waals surface area contributed by atoms with Gasteiger partial charge >= 0.3 is 12.1 Å². The fourth-order valence-corrected chi connectivity index (χ4v) is 5.10. The molecule has 1 aromatic heterocycles. The van der Waals surface area contributed by atoms with Crippen LogP contribution < -0.4 is 10.2 Å². The number of esters is 1. The first kappa shape index (κ1) is 28.1. The zero-order valence-corrected chi connectivity index (χ0v) is 22.4. The highest BCUT2D eigenvalue weighted by Crippen LogP contribution is 2.44. The highest BCUT2D eigenvalue weighted by Gasteiger charge is 2.33. The minimum Gasteiger partial charge on any atom is -0.462 e. The van der Waals surface area contributed by atoms with Crippen molar-refractivity contribution < 1.29 is 27.8 Å². The summed E-state index contributed by atoms with van der Waals surface area (Å²) in [5.74, 6) is -2.24. The number of carbonyl (C=O) groups excluding carboxylic acids is 2. The molecule has 0 atom stereocenters. The van der Waals surface area contributed by atoms with Crippen molar-refractivity contribution in [2.24, 2.45) is 0 Å². The van der Waals surface area contributed by atoms with Crippen LogP contribution >= 0.6 is 11.3 Å². The Balaban J connectivity index is 2.29. The molecule has 37 heavy (non-hydrogen) atoms. The first-order valence-corrected chi connectivity index (χ1v) is 12.7. The lowest BCUT2D eigenvalue weighted by Gasteiger charge is -2.22. The molecule has 3 aromatic rings. The lowest BCUT2D eigenvalue weighted by atomic mass is 10.0. The number of thiophene rings is 1. The second-order valence-corrected chi connectivity index (χ2v) is 9.36. The van der Waals surface area contributed by atoms with Gasteiger partial charge in [0.2, 0.25) is 0 Å². The first-order chi connectivity index (χ1) is 17.7. The third-order valence-electron chi connectivity index (χ3n) is 5.49. The lowest BCUT2D eigenvalue weighted by Crippen LogP contribution is -2.32. The van der Waals surface area contributed by atoms with Crippen LogP contribution in [0.15, 0.2) is 42.5 Å². The SMILES string of the molecule is CCOC(=O)c1c(N(Cc2c(F)cccc2F)C(=O)OCC)sc(-c2ccc(NC)cc2)c1CN(C)C. The van der Waals surface area contributed by atoms with Crippen LogP contribution in [0.2, 0.25) is 0 Å². The number of nitrogens with one attached hydrogen (secondary N) is 1. The van der Waals surface area contributed by atoms with Gasteiger partial charge in [0.05, 0.1) is 25.3 Å². The van der Waals surface area contributed by atoms with Crippen molar-refractivity contribution in [1.82, 2.24) is 4.90 Å². The van der Waals surface area contributed by atoms with Gasteiger partial charge in [-0.15, -0.1) is 11.3 Å². The van der Waals surface area contributed by atoms with Crippen molar-refractivity contribution in [2.45, 2.75) is 26.9 Å². The van der Waals surface area contributed by atoms with Crippen molar-refractivity contribution in [3.63, 3.8) is 0 Å². The van der Waals surface area contributed by atoms with E-state index in [1.807, 2.05) is 50.3 Å². The molecule has 1 amide bonds. The predicted octanol–water partition coefficient (Wildman–Crippen LogP) is 6.14. The van der Waals surface area contributed by atoms with Gasteiger partial charge in [-0.3, -0.25) is 4.90 Å². The molecule has 0 unspecified atom stereocenters. The Labute approximate surface area is 219 Å². The average Bonchev–Trinajstić information content (AvgIpc) is 3.22.